The first-order chi connectivity index (χ1) is 10.8. The average Bonchev–Trinajstić information content (AvgIpc) is 3.00. The highest BCUT2D eigenvalue weighted by Gasteiger charge is 2.06. The summed E-state index contributed by atoms with van der Waals surface area (Å²) in [4.78, 5) is 8.66. The van der Waals surface area contributed by atoms with Gasteiger partial charge < -0.3 is 14.0 Å². The second-order valence-corrected chi connectivity index (χ2v) is 4.59. The molecule has 0 aliphatic heterocycles. The number of benzene rings is 1. The average molecular weight is 297 g/mol. The second-order valence-electron chi connectivity index (χ2n) is 4.59. The van der Waals surface area contributed by atoms with Crippen molar-refractivity contribution in [2.75, 3.05) is 14.2 Å². The molecule has 2 aromatic heterocycles. The molecule has 0 bridgehead atoms. The Morgan fingerprint density at radius 3 is 2.82 bits per heavy atom. The highest BCUT2D eigenvalue weighted by atomic mass is 16.5. The van der Waals surface area contributed by atoms with Gasteiger partial charge in [-0.1, -0.05) is 23.4 Å². The van der Waals surface area contributed by atoms with E-state index in [0.717, 1.165) is 16.5 Å². The molecule has 0 N–H and O–H groups in total. The minimum Gasteiger partial charge on any atom is -0.481 e. The van der Waals surface area contributed by atoms with Crippen molar-refractivity contribution in [3.05, 3.63) is 47.6 Å². The highest BCUT2D eigenvalue weighted by Crippen LogP contribution is 2.23. The molecule has 6 nitrogen and oxygen atoms in total. The standard InChI is InChI=1S/C16H15N3O3/c1-20-10-15-18-14(19-22-15)8-7-12-9-11-5-3-4-6-13(11)17-16(12)21-2/h3-9H,10H2,1-2H3/b8-7+. The van der Waals surface area contributed by atoms with Crippen molar-refractivity contribution in [2.24, 2.45) is 0 Å². The minimum atomic E-state index is 0.293. The Morgan fingerprint density at radius 1 is 1.14 bits per heavy atom. The molecule has 0 aliphatic rings. The van der Waals surface area contributed by atoms with Crippen LogP contribution in [0, 0.1) is 0 Å². The maximum Gasteiger partial charge on any atom is 0.252 e. The topological polar surface area (TPSA) is 70.3 Å². The van der Waals surface area contributed by atoms with Crippen LogP contribution in [0.1, 0.15) is 17.3 Å². The summed E-state index contributed by atoms with van der Waals surface area (Å²) in [5, 5.41) is 4.89. The van der Waals surface area contributed by atoms with E-state index in [9.17, 15) is 0 Å². The molecule has 0 atom stereocenters. The first-order valence-electron chi connectivity index (χ1n) is 6.73. The third kappa shape index (κ3) is 2.96. The van der Waals surface area contributed by atoms with Gasteiger partial charge in [-0.25, -0.2) is 4.98 Å². The molecule has 0 saturated heterocycles. The van der Waals surface area contributed by atoms with Crippen LogP contribution >= 0.6 is 0 Å². The zero-order chi connectivity index (χ0) is 15.4. The molecule has 0 spiro atoms. The summed E-state index contributed by atoms with van der Waals surface area (Å²) in [6.07, 6.45) is 3.59. The molecule has 2 heterocycles. The van der Waals surface area contributed by atoms with E-state index >= 15 is 0 Å². The third-order valence-electron chi connectivity index (χ3n) is 3.07. The lowest BCUT2D eigenvalue weighted by Gasteiger charge is -2.05. The zero-order valence-electron chi connectivity index (χ0n) is 12.3. The lowest BCUT2D eigenvalue weighted by molar-refractivity contribution is 0.151. The van der Waals surface area contributed by atoms with E-state index in [-0.39, 0.29) is 0 Å². The van der Waals surface area contributed by atoms with Gasteiger partial charge >= 0.3 is 0 Å². The van der Waals surface area contributed by atoms with E-state index in [1.165, 1.54) is 0 Å². The van der Waals surface area contributed by atoms with Crippen molar-refractivity contribution in [1.82, 2.24) is 15.1 Å². The molecule has 112 valence electrons. The number of nitrogens with zero attached hydrogens (tertiary/aromatic N) is 3. The van der Waals surface area contributed by atoms with Crippen LogP contribution in [0.5, 0.6) is 5.88 Å². The second kappa shape index (κ2) is 6.36. The largest absolute Gasteiger partial charge is 0.481 e. The van der Waals surface area contributed by atoms with Gasteiger partial charge in [0.25, 0.3) is 5.89 Å². The Balaban J connectivity index is 1.92. The Hall–Kier alpha value is -2.73. The molecule has 6 heteroatoms. The summed E-state index contributed by atoms with van der Waals surface area (Å²) in [6, 6.07) is 9.88. The summed E-state index contributed by atoms with van der Waals surface area (Å²) >= 11 is 0. The number of rotatable bonds is 5. The smallest absolute Gasteiger partial charge is 0.252 e. The molecule has 0 unspecified atom stereocenters. The fourth-order valence-corrected chi connectivity index (χ4v) is 2.08. The maximum atomic E-state index is 5.34. The van der Waals surface area contributed by atoms with Crippen LogP contribution in [0.3, 0.4) is 0 Å². The van der Waals surface area contributed by atoms with E-state index in [2.05, 4.69) is 15.1 Å². The van der Waals surface area contributed by atoms with Gasteiger partial charge in [-0.15, -0.1) is 0 Å². The van der Waals surface area contributed by atoms with Crippen LogP contribution in [0.2, 0.25) is 0 Å². The number of fused-ring (bicyclic) bond motifs is 1. The lowest BCUT2D eigenvalue weighted by Crippen LogP contribution is -1.92. The van der Waals surface area contributed by atoms with E-state index in [1.807, 2.05) is 36.4 Å². The number of hydrogen-bond acceptors (Lipinski definition) is 6. The minimum absolute atomic E-state index is 0.293. The first kappa shape index (κ1) is 14.2. The van der Waals surface area contributed by atoms with Crippen LogP contribution in [-0.4, -0.2) is 29.3 Å². The molecule has 3 aromatic rings. The van der Waals surface area contributed by atoms with E-state index in [1.54, 1.807) is 20.3 Å². The molecule has 0 saturated carbocycles. The maximum absolute atomic E-state index is 5.34. The van der Waals surface area contributed by atoms with Gasteiger partial charge in [0, 0.05) is 18.1 Å². The van der Waals surface area contributed by atoms with Gasteiger partial charge in [-0.3, -0.25) is 0 Å². The van der Waals surface area contributed by atoms with Gasteiger partial charge in [0.1, 0.15) is 6.61 Å². The summed E-state index contributed by atoms with van der Waals surface area (Å²) in [5.74, 6) is 1.46. The summed E-state index contributed by atoms with van der Waals surface area (Å²) < 4.78 is 15.3. The van der Waals surface area contributed by atoms with Crippen molar-refractivity contribution in [3.8, 4) is 5.88 Å². The van der Waals surface area contributed by atoms with Crippen LogP contribution in [-0.2, 0) is 11.3 Å². The first-order valence-corrected chi connectivity index (χ1v) is 6.73. The van der Waals surface area contributed by atoms with Crippen molar-refractivity contribution < 1.29 is 14.0 Å². The molecule has 0 fully saturated rings. The zero-order valence-corrected chi connectivity index (χ0v) is 12.3. The predicted molar refractivity (Wildman–Crippen MR) is 82.2 cm³/mol. The Morgan fingerprint density at radius 2 is 2.00 bits per heavy atom. The summed E-state index contributed by atoms with van der Waals surface area (Å²) in [5.41, 5.74) is 1.73. The van der Waals surface area contributed by atoms with Crippen LogP contribution < -0.4 is 4.74 Å². The Bertz CT molecular complexity index is 811. The Labute approximate surface area is 127 Å². The van der Waals surface area contributed by atoms with Crippen LogP contribution in [0.4, 0.5) is 0 Å². The Kier molecular flexibility index (Phi) is 4.11. The quantitative estimate of drug-likeness (QED) is 0.721. The highest BCUT2D eigenvalue weighted by molar-refractivity contribution is 5.84. The third-order valence-corrected chi connectivity index (χ3v) is 3.07. The van der Waals surface area contributed by atoms with Crippen molar-refractivity contribution in [3.63, 3.8) is 0 Å². The van der Waals surface area contributed by atoms with Gasteiger partial charge in [-0.2, -0.15) is 4.98 Å². The monoisotopic (exact) mass is 297 g/mol. The van der Waals surface area contributed by atoms with Crippen LogP contribution in [0.25, 0.3) is 23.1 Å². The molecule has 3 rings (SSSR count). The van der Waals surface area contributed by atoms with E-state index < -0.39 is 0 Å². The molecular formula is C16H15N3O3. The molecular weight excluding hydrogens is 282 g/mol. The van der Waals surface area contributed by atoms with E-state index in [0.29, 0.717) is 24.2 Å². The molecule has 0 amide bonds. The molecule has 1 aromatic carbocycles. The number of methoxy groups -OCH3 is 2. The summed E-state index contributed by atoms with van der Waals surface area (Å²) in [7, 11) is 3.17. The number of ether oxygens (including phenoxy) is 2. The van der Waals surface area contributed by atoms with Crippen molar-refractivity contribution in [2.45, 2.75) is 6.61 Å². The van der Waals surface area contributed by atoms with Gasteiger partial charge in [0.15, 0.2) is 5.82 Å². The predicted octanol–water partition coefficient (Wildman–Crippen LogP) is 2.94. The number of aromatic nitrogens is 3. The summed E-state index contributed by atoms with van der Waals surface area (Å²) in [6.45, 7) is 0.293. The lowest BCUT2D eigenvalue weighted by atomic mass is 10.1. The van der Waals surface area contributed by atoms with E-state index in [4.69, 9.17) is 14.0 Å². The van der Waals surface area contributed by atoms with Crippen molar-refractivity contribution >= 4 is 23.1 Å². The van der Waals surface area contributed by atoms with Gasteiger partial charge in [-0.05, 0) is 24.3 Å². The fraction of sp³-hybridized carbons (Fsp3) is 0.188. The van der Waals surface area contributed by atoms with Gasteiger partial charge in [0.2, 0.25) is 5.88 Å². The molecule has 22 heavy (non-hydrogen) atoms. The van der Waals surface area contributed by atoms with Gasteiger partial charge in [0.05, 0.1) is 12.6 Å². The molecule has 0 radical (unpaired) electrons. The fourth-order valence-electron chi connectivity index (χ4n) is 2.08. The van der Waals surface area contributed by atoms with Crippen molar-refractivity contribution in [1.29, 1.82) is 0 Å². The van der Waals surface area contributed by atoms with Crippen LogP contribution in [0.15, 0.2) is 34.9 Å². The number of para-hydroxylation sites is 1. The number of pyridine rings is 1. The SMILES string of the molecule is COCc1nc(/C=C/c2cc3ccccc3nc2OC)no1. The normalized spacial score (nSPS) is 11.4. The number of hydrogen-bond donors (Lipinski definition) is 0. The molecule has 0 aliphatic carbocycles.